The number of guanidine groups is 1. The Morgan fingerprint density at radius 1 is 1.38 bits per heavy atom. The van der Waals surface area contributed by atoms with Crippen LogP contribution in [0.5, 0.6) is 0 Å². The summed E-state index contributed by atoms with van der Waals surface area (Å²) in [6.45, 7) is 5.68. The molecule has 1 aliphatic rings. The van der Waals surface area contributed by atoms with E-state index in [1.165, 1.54) is 6.26 Å². The van der Waals surface area contributed by atoms with Crippen molar-refractivity contribution < 1.29 is 13.2 Å². The van der Waals surface area contributed by atoms with Crippen molar-refractivity contribution in [2.75, 3.05) is 46.6 Å². The zero-order valence-electron chi connectivity index (χ0n) is 15.8. The van der Waals surface area contributed by atoms with E-state index < -0.39 is 9.84 Å². The number of rotatable bonds is 5. The molecule has 0 aliphatic carbocycles. The molecule has 1 atom stereocenters. The quantitative estimate of drug-likeness (QED) is 0.360. The van der Waals surface area contributed by atoms with E-state index in [1.807, 2.05) is 19.1 Å². The van der Waals surface area contributed by atoms with Gasteiger partial charge in [0, 0.05) is 39.5 Å². The van der Waals surface area contributed by atoms with E-state index >= 15 is 0 Å². The maximum atomic E-state index is 11.7. The molecule has 0 saturated carbocycles. The number of sulfone groups is 1. The van der Waals surface area contributed by atoms with Crippen LogP contribution in [0.15, 0.2) is 28.1 Å². The van der Waals surface area contributed by atoms with Gasteiger partial charge in [-0.15, -0.1) is 24.0 Å². The summed E-state index contributed by atoms with van der Waals surface area (Å²) in [4.78, 5) is 6.84. The second-order valence-electron chi connectivity index (χ2n) is 6.43. The molecule has 1 aromatic rings. The van der Waals surface area contributed by atoms with Gasteiger partial charge in [-0.1, -0.05) is 12.1 Å². The number of likely N-dealkylation sites (N-methyl/N-ethyl adjacent to an activating group) is 1. The fraction of sp³-hybridized carbons (Fsp3) is 0.588. The molecule has 0 spiro atoms. The first-order valence-electron chi connectivity index (χ1n) is 8.34. The molecule has 26 heavy (non-hydrogen) atoms. The molecule has 2 N–H and O–H groups in total. The minimum Gasteiger partial charge on any atom is -0.374 e. The number of aryl methyl sites for hydroxylation is 1. The molecule has 9 heteroatoms. The Kier molecular flexibility index (Phi) is 9.28. The number of nitrogens with one attached hydrogen (secondary N) is 2. The summed E-state index contributed by atoms with van der Waals surface area (Å²) >= 11 is 0. The largest absolute Gasteiger partial charge is 0.374 e. The van der Waals surface area contributed by atoms with Crippen LogP contribution in [0, 0.1) is 6.92 Å². The fourth-order valence-corrected chi connectivity index (χ4v) is 3.80. The zero-order valence-corrected chi connectivity index (χ0v) is 18.9. The molecule has 1 aromatic carbocycles. The highest BCUT2D eigenvalue weighted by Crippen LogP contribution is 2.16. The number of aliphatic imine (C=N–C) groups is 1. The van der Waals surface area contributed by atoms with Crippen LogP contribution in [-0.2, 0) is 21.1 Å². The smallest absolute Gasteiger partial charge is 0.191 e. The monoisotopic (exact) mass is 496 g/mol. The van der Waals surface area contributed by atoms with Crippen LogP contribution in [0.4, 0.5) is 0 Å². The topological polar surface area (TPSA) is 83.0 Å². The van der Waals surface area contributed by atoms with Gasteiger partial charge in [0.15, 0.2) is 15.8 Å². The third-order valence-corrected chi connectivity index (χ3v) is 5.42. The lowest BCUT2D eigenvalue weighted by atomic mass is 10.1. The molecule has 0 aromatic heterocycles. The molecular weight excluding hydrogens is 467 g/mol. The molecule has 0 bridgehead atoms. The van der Waals surface area contributed by atoms with Crippen LogP contribution >= 0.6 is 24.0 Å². The van der Waals surface area contributed by atoms with E-state index in [2.05, 4.69) is 27.6 Å². The summed E-state index contributed by atoms with van der Waals surface area (Å²) < 4.78 is 29.1. The summed E-state index contributed by atoms with van der Waals surface area (Å²) in [6.07, 6.45) is 1.37. The molecule has 1 heterocycles. The van der Waals surface area contributed by atoms with Gasteiger partial charge in [0.2, 0.25) is 0 Å². The van der Waals surface area contributed by atoms with E-state index in [4.69, 9.17) is 4.74 Å². The molecule has 1 saturated heterocycles. The second kappa shape index (κ2) is 10.4. The van der Waals surface area contributed by atoms with Gasteiger partial charge in [0.25, 0.3) is 0 Å². The number of halogens is 1. The van der Waals surface area contributed by atoms with Crippen LogP contribution in [0.25, 0.3) is 0 Å². The first-order chi connectivity index (χ1) is 11.8. The lowest BCUT2D eigenvalue weighted by Crippen LogP contribution is -2.48. The zero-order chi connectivity index (χ0) is 18.4. The highest BCUT2D eigenvalue weighted by atomic mass is 127. The Bertz CT molecular complexity index is 725. The maximum Gasteiger partial charge on any atom is 0.191 e. The summed E-state index contributed by atoms with van der Waals surface area (Å²) in [5.74, 6) is 0.696. The van der Waals surface area contributed by atoms with Gasteiger partial charge in [0.1, 0.15) is 0 Å². The van der Waals surface area contributed by atoms with Gasteiger partial charge in [-0.05, 0) is 31.2 Å². The number of hydrogen-bond acceptors (Lipinski definition) is 5. The minimum absolute atomic E-state index is 0. The average molecular weight is 496 g/mol. The van der Waals surface area contributed by atoms with Crippen molar-refractivity contribution in [1.82, 2.24) is 15.5 Å². The molecular formula is C17H29IN4O3S. The number of hydrogen-bond donors (Lipinski definition) is 2. The van der Waals surface area contributed by atoms with Crippen molar-refractivity contribution in [3.8, 4) is 0 Å². The van der Waals surface area contributed by atoms with E-state index in [-0.39, 0.29) is 30.1 Å². The Morgan fingerprint density at radius 3 is 2.69 bits per heavy atom. The molecule has 2 rings (SSSR count). The van der Waals surface area contributed by atoms with Crippen molar-refractivity contribution in [3.63, 3.8) is 0 Å². The summed E-state index contributed by atoms with van der Waals surface area (Å²) in [5.41, 5.74) is 1.75. The van der Waals surface area contributed by atoms with Crippen LogP contribution < -0.4 is 10.6 Å². The Morgan fingerprint density at radius 2 is 2.12 bits per heavy atom. The van der Waals surface area contributed by atoms with E-state index in [0.717, 1.165) is 30.8 Å². The molecule has 0 radical (unpaired) electrons. The number of nitrogens with zero attached hydrogens (tertiary/aromatic N) is 2. The summed E-state index contributed by atoms with van der Waals surface area (Å²) in [6, 6.07) is 5.36. The third kappa shape index (κ3) is 7.01. The summed E-state index contributed by atoms with van der Waals surface area (Å²) in [5, 5.41) is 6.51. The first kappa shape index (κ1) is 23.1. The Hall–Kier alpha value is -0.910. The Labute approximate surface area is 173 Å². The highest BCUT2D eigenvalue weighted by Gasteiger charge is 2.17. The molecule has 0 amide bonds. The molecule has 148 valence electrons. The SMILES string of the molecule is CN=C(NCc1ccc(S(C)(=O)=O)c(C)c1)NCC1CN(C)CCO1.I. The molecule has 1 fully saturated rings. The Balaban J connectivity index is 0.00000338. The third-order valence-electron chi connectivity index (χ3n) is 4.16. The van der Waals surface area contributed by atoms with Crippen LogP contribution in [0.3, 0.4) is 0 Å². The minimum atomic E-state index is -3.19. The molecule has 7 nitrogen and oxygen atoms in total. The number of benzene rings is 1. The van der Waals surface area contributed by atoms with Gasteiger partial charge in [-0.2, -0.15) is 0 Å². The van der Waals surface area contributed by atoms with Crippen molar-refractivity contribution in [2.45, 2.75) is 24.5 Å². The van der Waals surface area contributed by atoms with Crippen molar-refractivity contribution in [2.24, 2.45) is 4.99 Å². The van der Waals surface area contributed by atoms with E-state index in [9.17, 15) is 8.42 Å². The van der Waals surface area contributed by atoms with Crippen molar-refractivity contribution >= 4 is 39.8 Å². The second-order valence-corrected chi connectivity index (χ2v) is 8.42. The maximum absolute atomic E-state index is 11.7. The predicted molar refractivity (Wildman–Crippen MR) is 115 cm³/mol. The van der Waals surface area contributed by atoms with Gasteiger partial charge >= 0.3 is 0 Å². The van der Waals surface area contributed by atoms with Gasteiger partial charge in [0.05, 0.1) is 17.6 Å². The standard InChI is InChI=1S/C17H28N4O3S.HI/c1-13-9-14(5-6-16(13)25(4,22)23)10-19-17(18-2)20-11-15-12-21(3)7-8-24-15;/h5-6,9,15H,7-8,10-12H2,1-4H3,(H2,18,19,20);1H. The van der Waals surface area contributed by atoms with Crippen LogP contribution in [-0.4, -0.2) is 72.0 Å². The lowest BCUT2D eigenvalue weighted by molar-refractivity contribution is -0.0161. The van der Waals surface area contributed by atoms with Crippen LogP contribution in [0.1, 0.15) is 11.1 Å². The normalized spacial score (nSPS) is 18.9. The fourth-order valence-electron chi connectivity index (χ4n) is 2.84. The highest BCUT2D eigenvalue weighted by molar-refractivity contribution is 14.0. The lowest BCUT2D eigenvalue weighted by Gasteiger charge is -2.30. The van der Waals surface area contributed by atoms with E-state index in [0.29, 0.717) is 23.9 Å². The number of ether oxygens (including phenoxy) is 1. The molecule has 1 aliphatic heterocycles. The summed E-state index contributed by atoms with van der Waals surface area (Å²) in [7, 11) is 0.626. The predicted octanol–water partition coefficient (Wildman–Crippen LogP) is 1.01. The van der Waals surface area contributed by atoms with E-state index in [1.54, 1.807) is 13.1 Å². The van der Waals surface area contributed by atoms with Crippen LogP contribution in [0.2, 0.25) is 0 Å². The van der Waals surface area contributed by atoms with Gasteiger partial charge < -0.3 is 20.3 Å². The number of morpholine rings is 1. The molecule has 1 unspecified atom stereocenters. The van der Waals surface area contributed by atoms with Crippen molar-refractivity contribution in [1.29, 1.82) is 0 Å². The van der Waals surface area contributed by atoms with Gasteiger partial charge in [-0.25, -0.2) is 8.42 Å². The first-order valence-corrected chi connectivity index (χ1v) is 10.2. The average Bonchev–Trinajstić information content (AvgIpc) is 2.54. The van der Waals surface area contributed by atoms with Crippen molar-refractivity contribution in [3.05, 3.63) is 29.3 Å². The van der Waals surface area contributed by atoms with Gasteiger partial charge in [-0.3, -0.25) is 4.99 Å².